The van der Waals surface area contributed by atoms with Crippen LogP contribution in [0.2, 0.25) is 11.1 Å². The van der Waals surface area contributed by atoms with Gasteiger partial charge in [-0.15, -0.1) is 0 Å². The normalized spacial score (nSPS) is 25.2. The standard InChI is InChI=1S/C12H22Si.2C10H9.2ClH.Zr/c1-3-7-11(8-4-1)13-12-9-5-2-6-10-12;2*1-8-6-9-4-2-3-5-10(9)7-8;;;/h11-12H,1-10H2;2*2-7H,1H3;2*1H;/q;;;;;+2/p-2. The molecule has 0 bridgehead atoms. The van der Waals surface area contributed by atoms with E-state index in [1.165, 1.54) is 97.6 Å². The summed E-state index contributed by atoms with van der Waals surface area (Å²) in [7, 11) is 17.6. The van der Waals surface area contributed by atoms with Gasteiger partial charge in [-0.05, 0) is 0 Å². The zero-order chi connectivity index (χ0) is 24.9. The summed E-state index contributed by atoms with van der Waals surface area (Å²) in [6, 6.07) is 18.1. The minimum absolute atomic E-state index is 0.239. The summed E-state index contributed by atoms with van der Waals surface area (Å²) in [4.78, 5) is 0. The SMILES string of the molecule is CC1=Cc2ccccc2[CH]1[Zr]([Cl])([Cl])([CH]1C(C)=Cc2ccccc21)=[Si](C1CCCCC1)C1CCCCC1. The van der Waals surface area contributed by atoms with Crippen LogP contribution in [0.15, 0.2) is 59.7 Å². The second-order valence-corrected chi connectivity index (χ2v) is 48.4. The van der Waals surface area contributed by atoms with Crippen LogP contribution in [0.3, 0.4) is 0 Å². The number of fused-ring (bicyclic) bond motifs is 2. The van der Waals surface area contributed by atoms with E-state index in [4.69, 9.17) is 17.0 Å². The maximum atomic E-state index is 8.82. The Morgan fingerprint density at radius 1 is 0.611 bits per heavy atom. The fourth-order valence-electron chi connectivity index (χ4n) is 8.80. The Morgan fingerprint density at radius 3 is 1.42 bits per heavy atom. The van der Waals surface area contributed by atoms with Gasteiger partial charge in [0.05, 0.1) is 0 Å². The van der Waals surface area contributed by atoms with E-state index in [9.17, 15) is 0 Å². The third kappa shape index (κ3) is 4.08. The average Bonchev–Trinajstić information content (AvgIpc) is 3.42. The molecule has 6 rings (SSSR count). The van der Waals surface area contributed by atoms with Gasteiger partial charge in [-0.3, -0.25) is 0 Å². The van der Waals surface area contributed by atoms with Crippen molar-refractivity contribution in [2.24, 2.45) is 0 Å². The number of hydrogen-bond acceptors (Lipinski definition) is 0. The second kappa shape index (κ2) is 9.97. The van der Waals surface area contributed by atoms with Gasteiger partial charge in [-0.1, -0.05) is 0 Å². The number of allylic oxidation sites excluding steroid dienone is 2. The first-order chi connectivity index (χ1) is 17.4. The molecule has 0 spiro atoms. The first-order valence-corrected chi connectivity index (χ1v) is 28.9. The molecule has 2 atom stereocenters. The Balaban J connectivity index is 1.72. The van der Waals surface area contributed by atoms with Crippen molar-refractivity contribution in [3.05, 3.63) is 81.9 Å². The van der Waals surface area contributed by atoms with Crippen molar-refractivity contribution in [2.75, 3.05) is 0 Å². The van der Waals surface area contributed by atoms with Crippen molar-refractivity contribution in [1.29, 1.82) is 0 Å². The zero-order valence-electron chi connectivity index (χ0n) is 21.9. The summed E-state index contributed by atoms with van der Waals surface area (Å²) < 4.78 is 0.478. The number of rotatable bonds is 4. The van der Waals surface area contributed by atoms with E-state index in [1.807, 2.05) is 0 Å². The third-order valence-corrected chi connectivity index (χ3v) is 53.5. The number of benzene rings is 2. The van der Waals surface area contributed by atoms with Gasteiger partial charge in [0.2, 0.25) is 0 Å². The van der Waals surface area contributed by atoms with Crippen LogP contribution in [0.25, 0.3) is 12.2 Å². The molecule has 0 N–H and O–H groups in total. The predicted octanol–water partition coefficient (Wildman–Crippen LogP) is 11.0. The molecule has 2 fully saturated rings. The molecule has 0 radical (unpaired) electrons. The molecule has 4 heteroatoms. The van der Waals surface area contributed by atoms with Crippen LogP contribution in [-0.4, -0.2) is 5.43 Å². The van der Waals surface area contributed by atoms with Crippen molar-refractivity contribution in [1.82, 2.24) is 0 Å². The summed E-state index contributed by atoms with van der Waals surface area (Å²) in [6.07, 6.45) is 18.6. The fourth-order valence-corrected chi connectivity index (χ4v) is 66.2. The molecule has 0 heterocycles. The molecule has 0 amide bonds. The van der Waals surface area contributed by atoms with E-state index < -0.39 is 20.4 Å². The Morgan fingerprint density at radius 2 is 1.00 bits per heavy atom. The van der Waals surface area contributed by atoms with E-state index in [1.54, 1.807) is 0 Å². The molecule has 0 nitrogen and oxygen atoms in total. The third-order valence-electron chi connectivity index (χ3n) is 9.99. The molecular formula is C32H40Cl2SiZr. The van der Waals surface area contributed by atoms with Crippen LogP contribution in [0.5, 0.6) is 0 Å². The van der Waals surface area contributed by atoms with Gasteiger partial charge in [0.15, 0.2) is 0 Å². The second-order valence-electron chi connectivity index (χ2n) is 12.2. The summed E-state index contributed by atoms with van der Waals surface area (Å²) in [5.41, 5.74) is 9.00. The molecule has 2 aromatic carbocycles. The summed E-state index contributed by atoms with van der Waals surface area (Å²) in [5, 5.41) is 0. The van der Waals surface area contributed by atoms with Crippen molar-refractivity contribution >= 4 is 34.6 Å². The summed E-state index contributed by atoms with van der Waals surface area (Å²) >= 11 is -4.73. The Labute approximate surface area is 226 Å². The zero-order valence-corrected chi connectivity index (χ0v) is 26.9. The van der Waals surface area contributed by atoms with Crippen molar-refractivity contribution in [3.8, 4) is 0 Å². The molecule has 2 unspecified atom stereocenters. The fraction of sp³-hybridized carbons (Fsp3) is 0.500. The molecular weight excluding hydrogens is 575 g/mol. The molecule has 190 valence electrons. The van der Waals surface area contributed by atoms with Crippen LogP contribution >= 0.6 is 17.0 Å². The van der Waals surface area contributed by atoms with Crippen LogP contribution in [0, 0.1) is 0 Å². The molecule has 0 saturated heterocycles. The van der Waals surface area contributed by atoms with E-state index in [2.05, 4.69) is 74.5 Å². The molecule has 0 aromatic heterocycles. The van der Waals surface area contributed by atoms with Gasteiger partial charge in [0, 0.05) is 0 Å². The summed E-state index contributed by atoms with van der Waals surface area (Å²) in [5.74, 6) is 0. The first kappa shape index (κ1) is 25.9. The Kier molecular flexibility index (Phi) is 7.16. The van der Waals surface area contributed by atoms with Gasteiger partial charge >= 0.3 is 228 Å². The van der Waals surface area contributed by atoms with Gasteiger partial charge in [0.25, 0.3) is 0 Å². The predicted molar refractivity (Wildman–Crippen MR) is 157 cm³/mol. The van der Waals surface area contributed by atoms with Crippen LogP contribution < -0.4 is 0 Å². The van der Waals surface area contributed by atoms with E-state index in [-0.39, 0.29) is 7.25 Å². The number of hydrogen-bond donors (Lipinski definition) is 0. The van der Waals surface area contributed by atoms with Crippen LogP contribution in [0.4, 0.5) is 0 Å². The van der Waals surface area contributed by atoms with Gasteiger partial charge in [-0.2, -0.15) is 0 Å². The molecule has 4 aliphatic rings. The topological polar surface area (TPSA) is 0 Å². The van der Waals surface area contributed by atoms with E-state index in [0.717, 1.165) is 11.1 Å². The molecule has 4 aliphatic carbocycles. The quantitative estimate of drug-likeness (QED) is 0.301. The molecule has 0 aliphatic heterocycles. The Bertz CT molecular complexity index is 1210. The first-order valence-electron chi connectivity index (χ1n) is 14.4. The monoisotopic (exact) mass is 612 g/mol. The Hall–Kier alpha value is -0.400. The number of halogens is 2. The maximum absolute atomic E-state index is 8.82. The van der Waals surface area contributed by atoms with Gasteiger partial charge in [-0.25, -0.2) is 0 Å². The van der Waals surface area contributed by atoms with E-state index >= 15 is 0 Å². The molecule has 36 heavy (non-hydrogen) atoms. The van der Waals surface area contributed by atoms with E-state index in [0.29, 0.717) is 0 Å². The van der Waals surface area contributed by atoms with Gasteiger partial charge in [0.1, 0.15) is 0 Å². The summed E-state index contributed by atoms with van der Waals surface area (Å²) in [6.45, 7) is 4.70. The average molecular weight is 615 g/mol. The molecule has 2 aromatic rings. The van der Waals surface area contributed by atoms with Crippen molar-refractivity contribution in [3.63, 3.8) is 0 Å². The van der Waals surface area contributed by atoms with Crippen LogP contribution in [-0.2, 0) is 15.0 Å². The van der Waals surface area contributed by atoms with Crippen molar-refractivity contribution < 1.29 is 15.0 Å². The minimum atomic E-state index is -4.73. The van der Waals surface area contributed by atoms with Gasteiger partial charge < -0.3 is 0 Å². The van der Waals surface area contributed by atoms with Crippen LogP contribution in [0.1, 0.15) is 108 Å². The molecule has 2 saturated carbocycles. The van der Waals surface area contributed by atoms with Crippen molar-refractivity contribution in [2.45, 2.75) is 96.4 Å².